The molecule has 1 aliphatic carbocycles. The third-order valence-corrected chi connectivity index (χ3v) is 3.47. The molecule has 0 unspecified atom stereocenters. The highest BCUT2D eigenvalue weighted by molar-refractivity contribution is 5.71. The first kappa shape index (κ1) is 16.3. The minimum Gasteiger partial charge on any atom is -0.465 e. The number of esters is 1. The van der Waals surface area contributed by atoms with Crippen LogP contribution in [0.2, 0.25) is 0 Å². The Bertz CT molecular complexity index is 500. The topological polar surface area (TPSA) is 76.7 Å². The van der Waals surface area contributed by atoms with E-state index in [4.69, 9.17) is 9.47 Å². The third-order valence-electron chi connectivity index (χ3n) is 3.47. The van der Waals surface area contributed by atoms with Gasteiger partial charge in [-0.15, -0.1) is 0 Å². The van der Waals surface area contributed by atoms with Gasteiger partial charge in [-0.1, -0.05) is 30.3 Å². The largest absolute Gasteiger partial charge is 0.465 e. The Hall–Kier alpha value is -2.08. The Morgan fingerprint density at radius 1 is 1.18 bits per heavy atom. The number of carbonyl (C=O) groups excluding carboxylic acids is 2. The zero-order valence-corrected chi connectivity index (χ0v) is 12.8. The van der Waals surface area contributed by atoms with Crippen molar-refractivity contribution in [2.75, 3.05) is 19.7 Å². The number of ether oxygens (including phenoxy) is 2. The second-order valence-electron chi connectivity index (χ2n) is 5.38. The molecule has 1 saturated carbocycles. The van der Waals surface area contributed by atoms with Crippen LogP contribution in [0.25, 0.3) is 0 Å². The van der Waals surface area contributed by atoms with Crippen molar-refractivity contribution in [1.82, 2.24) is 10.6 Å². The summed E-state index contributed by atoms with van der Waals surface area (Å²) in [5.74, 6) is -0.287. The highest BCUT2D eigenvalue weighted by atomic mass is 16.5. The Balaban J connectivity index is 1.66. The van der Waals surface area contributed by atoms with E-state index in [2.05, 4.69) is 10.6 Å². The van der Waals surface area contributed by atoms with Gasteiger partial charge in [0.1, 0.15) is 6.61 Å². The molecular weight excluding hydrogens is 284 g/mol. The van der Waals surface area contributed by atoms with E-state index in [-0.39, 0.29) is 24.7 Å². The monoisotopic (exact) mass is 306 g/mol. The molecule has 0 aromatic heterocycles. The highest BCUT2D eigenvalue weighted by Crippen LogP contribution is 2.34. The van der Waals surface area contributed by atoms with Gasteiger partial charge in [0.25, 0.3) is 0 Å². The van der Waals surface area contributed by atoms with Gasteiger partial charge in [-0.25, -0.2) is 4.79 Å². The van der Waals surface area contributed by atoms with Crippen molar-refractivity contribution in [3.63, 3.8) is 0 Å². The lowest BCUT2D eigenvalue weighted by atomic mass is 10.2. The lowest BCUT2D eigenvalue weighted by Crippen LogP contribution is -2.45. The van der Waals surface area contributed by atoms with E-state index in [0.717, 1.165) is 18.4 Å². The smallest absolute Gasteiger partial charge is 0.407 e. The fourth-order valence-corrected chi connectivity index (χ4v) is 2.09. The fourth-order valence-electron chi connectivity index (χ4n) is 2.09. The maximum Gasteiger partial charge on any atom is 0.407 e. The molecule has 1 aromatic carbocycles. The first-order valence-electron chi connectivity index (χ1n) is 7.49. The quantitative estimate of drug-likeness (QED) is 0.713. The Labute approximate surface area is 130 Å². The molecule has 0 aliphatic heterocycles. The number of benzene rings is 1. The molecule has 1 amide bonds. The zero-order chi connectivity index (χ0) is 15.8. The van der Waals surface area contributed by atoms with Crippen LogP contribution in [0.3, 0.4) is 0 Å². The molecule has 6 heteroatoms. The first-order valence-corrected chi connectivity index (χ1v) is 7.49. The predicted octanol–water partition coefficient (Wildman–Crippen LogP) is 1.60. The van der Waals surface area contributed by atoms with Gasteiger partial charge in [-0.2, -0.15) is 0 Å². The van der Waals surface area contributed by atoms with Crippen molar-refractivity contribution in [3.8, 4) is 0 Å². The predicted molar refractivity (Wildman–Crippen MR) is 81.2 cm³/mol. The second kappa shape index (κ2) is 7.79. The van der Waals surface area contributed by atoms with Gasteiger partial charge in [0.05, 0.1) is 18.7 Å². The van der Waals surface area contributed by atoms with Crippen LogP contribution in [0.15, 0.2) is 30.3 Å². The van der Waals surface area contributed by atoms with Crippen molar-refractivity contribution in [2.45, 2.75) is 31.9 Å². The van der Waals surface area contributed by atoms with E-state index >= 15 is 0 Å². The number of alkyl carbamates (subject to hydrolysis) is 1. The number of hydrogen-bond acceptors (Lipinski definition) is 5. The fraction of sp³-hybridized carbons (Fsp3) is 0.500. The summed E-state index contributed by atoms with van der Waals surface area (Å²) in [6, 6.07) is 9.52. The standard InChI is InChI=1S/C16H22N2O4/c1-2-21-14(19)10-17-12-16(8-9-16)18-15(20)22-11-13-6-4-3-5-7-13/h3-7,17H,2,8-12H2,1H3,(H,18,20). The van der Waals surface area contributed by atoms with Crippen LogP contribution in [0, 0.1) is 0 Å². The molecule has 1 fully saturated rings. The van der Waals surface area contributed by atoms with Gasteiger partial charge in [0.2, 0.25) is 0 Å². The van der Waals surface area contributed by atoms with Crippen LogP contribution < -0.4 is 10.6 Å². The van der Waals surface area contributed by atoms with Gasteiger partial charge in [-0.05, 0) is 25.3 Å². The van der Waals surface area contributed by atoms with E-state index in [1.54, 1.807) is 6.92 Å². The van der Waals surface area contributed by atoms with Crippen LogP contribution in [0.4, 0.5) is 4.79 Å². The van der Waals surface area contributed by atoms with E-state index in [9.17, 15) is 9.59 Å². The first-order chi connectivity index (χ1) is 10.6. The highest BCUT2D eigenvalue weighted by Gasteiger charge is 2.44. The molecule has 0 saturated heterocycles. The summed E-state index contributed by atoms with van der Waals surface area (Å²) < 4.78 is 10.0. The molecule has 0 spiro atoms. The lowest BCUT2D eigenvalue weighted by Gasteiger charge is -2.17. The van der Waals surface area contributed by atoms with Crippen LogP contribution in [0.5, 0.6) is 0 Å². The van der Waals surface area contributed by atoms with Crippen LogP contribution in [-0.2, 0) is 20.9 Å². The summed E-state index contributed by atoms with van der Waals surface area (Å²) in [7, 11) is 0. The number of carbonyl (C=O) groups is 2. The van der Waals surface area contributed by atoms with Crippen LogP contribution >= 0.6 is 0 Å². The van der Waals surface area contributed by atoms with Crippen molar-refractivity contribution in [3.05, 3.63) is 35.9 Å². The molecular formula is C16H22N2O4. The second-order valence-corrected chi connectivity index (χ2v) is 5.38. The number of rotatable bonds is 8. The molecule has 1 aromatic rings. The Morgan fingerprint density at radius 3 is 2.55 bits per heavy atom. The average molecular weight is 306 g/mol. The molecule has 6 nitrogen and oxygen atoms in total. The van der Waals surface area contributed by atoms with Crippen LogP contribution in [0.1, 0.15) is 25.3 Å². The van der Waals surface area contributed by atoms with Gasteiger partial charge in [-0.3, -0.25) is 4.79 Å². The summed E-state index contributed by atoms with van der Waals surface area (Å²) in [6.07, 6.45) is 1.33. The molecule has 0 atom stereocenters. The van der Waals surface area contributed by atoms with Crippen molar-refractivity contribution >= 4 is 12.1 Å². The molecule has 1 aliphatic rings. The minimum absolute atomic E-state index is 0.149. The number of amides is 1. The van der Waals surface area contributed by atoms with Crippen molar-refractivity contribution in [1.29, 1.82) is 0 Å². The average Bonchev–Trinajstić information content (AvgIpc) is 3.26. The van der Waals surface area contributed by atoms with Gasteiger partial charge >= 0.3 is 12.1 Å². The number of hydrogen-bond donors (Lipinski definition) is 2. The summed E-state index contributed by atoms with van der Waals surface area (Å²) in [4.78, 5) is 23.1. The lowest BCUT2D eigenvalue weighted by molar-refractivity contribution is -0.142. The maximum atomic E-state index is 11.8. The SMILES string of the molecule is CCOC(=O)CNCC1(NC(=O)OCc2ccccc2)CC1. The molecule has 0 heterocycles. The van der Waals surface area contributed by atoms with Crippen LogP contribution in [-0.4, -0.2) is 37.3 Å². The summed E-state index contributed by atoms with van der Waals surface area (Å²) >= 11 is 0. The van der Waals surface area contributed by atoms with Crippen molar-refractivity contribution in [2.24, 2.45) is 0 Å². The van der Waals surface area contributed by atoms with E-state index in [1.807, 2.05) is 30.3 Å². The molecule has 0 bridgehead atoms. The Morgan fingerprint density at radius 2 is 1.91 bits per heavy atom. The van der Waals surface area contributed by atoms with Gasteiger partial charge < -0.3 is 20.1 Å². The van der Waals surface area contributed by atoms with E-state index < -0.39 is 6.09 Å². The van der Waals surface area contributed by atoms with Gasteiger partial charge in [0.15, 0.2) is 0 Å². The molecule has 0 radical (unpaired) electrons. The normalized spacial score (nSPS) is 15.0. The molecule has 2 N–H and O–H groups in total. The minimum atomic E-state index is -0.431. The molecule has 22 heavy (non-hydrogen) atoms. The maximum absolute atomic E-state index is 11.8. The van der Waals surface area contributed by atoms with E-state index in [0.29, 0.717) is 13.2 Å². The number of nitrogens with one attached hydrogen (secondary N) is 2. The van der Waals surface area contributed by atoms with Gasteiger partial charge in [0, 0.05) is 6.54 Å². The zero-order valence-electron chi connectivity index (χ0n) is 12.8. The Kier molecular flexibility index (Phi) is 5.77. The van der Waals surface area contributed by atoms with E-state index in [1.165, 1.54) is 0 Å². The third kappa shape index (κ3) is 5.37. The molecule has 120 valence electrons. The van der Waals surface area contributed by atoms with Crippen molar-refractivity contribution < 1.29 is 19.1 Å². The summed E-state index contributed by atoms with van der Waals surface area (Å²) in [5.41, 5.74) is 0.656. The molecule has 2 rings (SSSR count). The summed E-state index contributed by atoms with van der Waals surface area (Å²) in [5, 5.41) is 5.87. The summed E-state index contributed by atoms with van der Waals surface area (Å²) in [6.45, 7) is 3.07.